The van der Waals surface area contributed by atoms with Crippen molar-refractivity contribution in [2.24, 2.45) is 0 Å². The summed E-state index contributed by atoms with van der Waals surface area (Å²) in [4.78, 5) is 18.7. The van der Waals surface area contributed by atoms with Crippen LogP contribution in [0.1, 0.15) is 35.6 Å². The van der Waals surface area contributed by atoms with E-state index in [0.717, 1.165) is 54.8 Å². The molecule has 0 amide bonds. The molecular weight excluding hydrogens is 417 g/mol. The van der Waals surface area contributed by atoms with Crippen LogP contribution in [-0.4, -0.2) is 37.9 Å². The van der Waals surface area contributed by atoms with Gasteiger partial charge in [-0.25, -0.2) is 15.0 Å². The molecule has 1 aliphatic rings. The minimum Gasteiger partial charge on any atom is -0.383 e. The van der Waals surface area contributed by atoms with Gasteiger partial charge in [0.2, 0.25) is 0 Å². The molecule has 0 spiro atoms. The molecular formula is C23H21F3N6. The summed E-state index contributed by atoms with van der Waals surface area (Å²) < 4.78 is 41.3. The number of pyridine rings is 2. The van der Waals surface area contributed by atoms with E-state index in [1.807, 2.05) is 18.2 Å². The number of nitrogen functional groups attached to an aromatic ring is 1. The van der Waals surface area contributed by atoms with E-state index < -0.39 is 11.7 Å². The molecule has 9 heteroatoms. The number of nitrogens with two attached hydrogens (primary N) is 1. The predicted molar refractivity (Wildman–Crippen MR) is 116 cm³/mol. The fourth-order valence-corrected chi connectivity index (χ4v) is 4.46. The number of halogens is 3. The third-order valence-corrected chi connectivity index (χ3v) is 5.96. The molecule has 1 aliphatic heterocycles. The molecule has 0 aliphatic carbocycles. The molecule has 0 bridgehead atoms. The van der Waals surface area contributed by atoms with Crippen LogP contribution in [0.5, 0.6) is 0 Å². The molecule has 1 aromatic carbocycles. The highest BCUT2D eigenvalue weighted by atomic mass is 19.4. The molecule has 1 fully saturated rings. The Hall–Kier alpha value is -3.33. The Morgan fingerprint density at radius 1 is 1.09 bits per heavy atom. The lowest BCUT2D eigenvalue weighted by Crippen LogP contribution is -2.34. The van der Waals surface area contributed by atoms with E-state index in [9.17, 15) is 13.2 Å². The lowest BCUT2D eigenvalue weighted by atomic mass is 9.92. The van der Waals surface area contributed by atoms with Crippen molar-refractivity contribution in [2.75, 3.05) is 18.8 Å². The summed E-state index contributed by atoms with van der Waals surface area (Å²) >= 11 is 0. The quantitative estimate of drug-likeness (QED) is 0.505. The van der Waals surface area contributed by atoms with Crippen molar-refractivity contribution in [3.05, 3.63) is 65.7 Å². The van der Waals surface area contributed by atoms with Gasteiger partial charge in [-0.3, -0.25) is 9.88 Å². The standard InChI is InChI=1S/C23H21F3N6/c24-23(25,26)17-10-19(31-22-20(17)21(27)29-13-30-22)16-4-2-8-32(12-16)11-14-5-6-18-15(9-14)3-1-7-28-18/h1,3,5-7,9-10,13,16H,2,4,8,11-12H2,(H2,27,29,30,31). The Bertz CT molecular complexity index is 1290. The van der Waals surface area contributed by atoms with Gasteiger partial charge in [-0.05, 0) is 49.2 Å². The fourth-order valence-electron chi connectivity index (χ4n) is 4.46. The van der Waals surface area contributed by atoms with E-state index >= 15 is 0 Å². The molecule has 1 atom stereocenters. The second-order valence-electron chi connectivity index (χ2n) is 8.15. The highest BCUT2D eigenvalue weighted by Gasteiger charge is 2.36. The van der Waals surface area contributed by atoms with Crippen LogP contribution in [0.3, 0.4) is 0 Å². The molecule has 2 N–H and O–H groups in total. The number of hydrogen-bond donors (Lipinski definition) is 1. The summed E-state index contributed by atoms with van der Waals surface area (Å²) in [5, 5.41) is 0.836. The second-order valence-corrected chi connectivity index (χ2v) is 8.15. The smallest absolute Gasteiger partial charge is 0.383 e. The minimum absolute atomic E-state index is 0.0125. The molecule has 32 heavy (non-hydrogen) atoms. The number of fused-ring (bicyclic) bond motifs is 2. The number of anilines is 1. The number of hydrogen-bond acceptors (Lipinski definition) is 6. The number of nitrogens with zero attached hydrogens (tertiary/aromatic N) is 5. The Kier molecular flexibility index (Phi) is 5.13. The molecule has 4 aromatic rings. The zero-order valence-corrected chi connectivity index (χ0v) is 17.2. The summed E-state index contributed by atoms with van der Waals surface area (Å²) in [7, 11) is 0. The average Bonchev–Trinajstić information content (AvgIpc) is 2.78. The molecule has 3 aromatic heterocycles. The van der Waals surface area contributed by atoms with Crippen molar-refractivity contribution in [1.29, 1.82) is 0 Å². The van der Waals surface area contributed by atoms with Gasteiger partial charge in [-0.15, -0.1) is 0 Å². The van der Waals surface area contributed by atoms with Crippen LogP contribution in [0.2, 0.25) is 0 Å². The number of likely N-dealkylation sites (tertiary alicyclic amines) is 1. The van der Waals surface area contributed by atoms with E-state index in [-0.39, 0.29) is 22.8 Å². The molecule has 164 valence electrons. The van der Waals surface area contributed by atoms with E-state index in [2.05, 4.69) is 37.0 Å². The van der Waals surface area contributed by atoms with Crippen molar-refractivity contribution in [1.82, 2.24) is 24.8 Å². The number of alkyl halides is 3. The Morgan fingerprint density at radius 3 is 2.81 bits per heavy atom. The number of rotatable bonds is 3. The third-order valence-electron chi connectivity index (χ3n) is 5.96. The first kappa shape index (κ1) is 20.6. The van der Waals surface area contributed by atoms with Gasteiger partial charge in [0.15, 0.2) is 5.65 Å². The maximum absolute atomic E-state index is 13.8. The molecule has 4 heterocycles. The monoisotopic (exact) mass is 438 g/mol. The molecule has 0 radical (unpaired) electrons. The highest BCUT2D eigenvalue weighted by Crippen LogP contribution is 2.38. The maximum Gasteiger partial charge on any atom is 0.417 e. The van der Waals surface area contributed by atoms with Crippen LogP contribution >= 0.6 is 0 Å². The molecule has 1 saturated heterocycles. The first-order valence-electron chi connectivity index (χ1n) is 10.4. The largest absolute Gasteiger partial charge is 0.417 e. The maximum atomic E-state index is 13.8. The third kappa shape index (κ3) is 3.95. The Labute approximate surface area is 182 Å². The minimum atomic E-state index is -4.57. The van der Waals surface area contributed by atoms with Crippen LogP contribution in [0, 0.1) is 0 Å². The van der Waals surface area contributed by atoms with Gasteiger partial charge in [0, 0.05) is 36.3 Å². The number of benzene rings is 1. The van der Waals surface area contributed by atoms with Gasteiger partial charge in [-0.2, -0.15) is 13.2 Å². The normalized spacial score (nSPS) is 17.8. The van der Waals surface area contributed by atoms with E-state index in [0.29, 0.717) is 12.2 Å². The van der Waals surface area contributed by atoms with E-state index in [1.54, 1.807) is 6.20 Å². The van der Waals surface area contributed by atoms with Crippen molar-refractivity contribution in [2.45, 2.75) is 31.5 Å². The van der Waals surface area contributed by atoms with E-state index in [4.69, 9.17) is 5.73 Å². The molecule has 6 nitrogen and oxygen atoms in total. The van der Waals surface area contributed by atoms with Crippen LogP contribution in [-0.2, 0) is 12.7 Å². The second kappa shape index (κ2) is 7.98. The summed E-state index contributed by atoms with van der Waals surface area (Å²) in [5.41, 5.74) is 7.37. The van der Waals surface area contributed by atoms with Gasteiger partial charge in [0.05, 0.1) is 16.5 Å². The first-order valence-corrected chi connectivity index (χ1v) is 10.4. The Morgan fingerprint density at radius 2 is 1.97 bits per heavy atom. The lowest BCUT2D eigenvalue weighted by Gasteiger charge is -2.33. The lowest BCUT2D eigenvalue weighted by molar-refractivity contribution is -0.136. The number of piperidine rings is 1. The number of aromatic nitrogens is 4. The molecule has 0 saturated carbocycles. The summed E-state index contributed by atoms with van der Waals surface area (Å²) in [6.45, 7) is 2.23. The average molecular weight is 438 g/mol. The zero-order chi connectivity index (χ0) is 22.3. The Balaban J connectivity index is 1.43. The fraction of sp³-hybridized carbons (Fsp3) is 0.304. The summed E-state index contributed by atoms with van der Waals surface area (Å²) in [5.74, 6) is -0.329. The summed E-state index contributed by atoms with van der Waals surface area (Å²) in [6.07, 6.45) is 0.00144. The SMILES string of the molecule is Nc1ncnc2nc(C3CCCN(Cc4ccc5ncccc5c4)C3)cc(C(F)(F)F)c12. The van der Waals surface area contributed by atoms with Gasteiger partial charge in [0.25, 0.3) is 0 Å². The predicted octanol–water partition coefficient (Wildman–Crippen LogP) is 4.55. The van der Waals surface area contributed by atoms with Crippen LogP contribution in [0.4, 0.5) is 19.0 Å². The van der Waals surface area contributed by atoms with Gasteiger partial charge >= 0.3 is 6.18 Å². The van der Waals surface area contributed by atoms with Gasteiger partial charge in [0.1, 0.15) is 12.1 Å². The topological polar surface area (TPSA) is 80.8 Å². The van der Waals surface area contributed by atoms with E-state index in [1.165, 1.54) is 0 Å². The van der Waals surface area contributed by atoms with Crippen LogP contribution in [0.15, 0.2) is 48.9 Å². The molecule has 1 unspecified atom stereocenters. The first-order chi connectivity index (χ1) is 15.4. The van der Waals surface area contributed by atoms with Crippen molar-refractivity contribution in [3.8, 4) is 0 Å². The van der Waals surface area contributed by atoms with Crippen LogP contribution in [0.25, 0.3) is 21.9 Å². The summed E-state index contributed by atoms with van der Waals surface area (Å²) in [6, 6.07) is 11.2. The van der Waals surface area contributed by atoms with Gasteiger partial charge < -0.3 is 5.73 Å². The zero-order valence-electron chi connectivity index (χ0n) is 17.2. The van der Waals surface area contributed by atoms with Crippen molar-refractivity contribution in [3.63, 3.8) is 0 Å². The highest BCUT2D eigenvalue weighted by molar-refractivity contribution is 5.89. The van der Waals surface area contributed by atoms with Crippen molar-refractivity contribution >= 4 is 27.8 Å². The van der Waals surface area contributed by atoms with Crippen LogP contribution < -0.4 is 5.73 Å². The molecule has 5 rings (SSSR count). The van der Waals surface area contributed by atoms with Crippen molar-refractivity contribution < 1.29 is 13.2 Å². The van der Waals surface area contributed by atoms with Gasteiger partial charge in [-0.1, -0.05) is 12.1 Å².